The standard InChI is InChI=1S/C12H20N2O3S/c1-10(2)17-11-4-6-12(7-5-11)18(15,16)14(3)9-8-13/h4-7,10H,8-9,13H2,1-3H3. The summed E-state index contributed by atoms with van der Waals surface area (Å²) in [5.41, 5.74) is 5.36. The van der Waals surface area contributed by atoms with Crippen LogP contribution in [0.1, 0.15) is 13.8 Å². The van der Waals surface area contributed by atoms with Crippen molar-refractivity contribution in [3.63, 3.8) is 0 Å². The van der Waals surface area contributed by atoms with E-state index >= 15 is 0 Å². The van der Waals surface area contributed by atoms with Crippen molar-refractivity contribution in [2.75, 3.05) is 20.1 Å². The number of benzene rings is 1. The molecule has 0 spiro atoms. The van der Waals surface area contributed by atoms with Crippen LogP contribution in [0.3, 0.4) is 0 Å². The van der Waals surface area contributed by atoms with Gasteiger partial charge in [-0.1, -0.05) is 0 Å². The molecule has 0 aliphatic rings. The molecule has 1 aromatic rings. The van der Waals surface area contributed by atoms with Gasteiger partial charge in [0.15, 0.2) is 0 Å². The van der Waals surface area contributed by atoms with E-state index in [1.807, 2.05) is 13.8 Å². The fourth-order valence-electron chi connectivity index (χ4n) is 1.44. The molecule has 5 nitrogen and oxygen atoms in total. The first-order valence-electron chi connectivity index (χ1n) is 5.81. The van der Waals surface area contributed by atoms with E-state index in [0.29, 0.717) is 18.8 Å². The topological polar surface area (TPSA) is 72.6 Å². The summed E-state index contributed by atoms with van der Waals surface area (Å²) in [6, 6.07) is 6.40. The van der Waals surface area contributed by atoms with Crippen LogP contribution in [-0.4, -0.2) is 39.0 Å². The zero-order chi connectivity index (χ0) is 13.8. The number of nitrogens with two attached hydrogens (primary N) is 1. The number of hydrogen-bond acceptors (Lipinski definition) is 4. The predicted molar refractivity (Wildman–Crippen MR) is 71.1 cm³/mol. The molecule has 0 fully saturated rings. The third kappa shape index (κ3) is 3.69. The molecule has 0 heterocycles. The average Bonchev–Trinajstić information content (AvgIpc) is 2.29. The molecule has 0 saturated carbocycles. The quantitative estimate of drug-likeness (QED) is 0.840. The molecule has 0 radical (unpaired) electrons. The minimum absolute atomic E-state index is 0.0624. The molecule has 0 atom stereocenters. The minimum atomic E-state index is -3.45. The number of nitrogens with zero attached hydrogens (tertiary/aromatic N) is 1. The molecule has 0 aromatic heterocycles. The lowest BCUT2D eigenvalue weighted by atomic mass is 10.3. The van der Waals surface area contributed by atoms with E-state index in [1.54, 1.807) is 24.3 Å². The molecule has 18 heavy (non-hydrogen) atoms. The molecule has 0 saturated heterocycles. The van der Waals surface area contributed by atoms with Crippen LogP contribution in [0.4, 0.5) is 0 Å². The van der Waals surface area contributed by atoms with Crippen molar-refractivity contribution in [1.29, 1.82) is 0 Å². The Bertz CT molecular complexity index is 469. The first-order valence-corrected chi connectivity index (χ1v) is 7.25. The Hall–Kier alpha value is -1.11. The van der Waals surface area contributed by atoms with Gasteiger partial charge in [0.1, 0.15) is 5.75 Å². The summed E-state index contributed by atoms with van der Waals surface area (Å²) >= 11 is 0. The van der Waals surface area contributed by atoms with Gasteiger partial charge >= 0.3 is 0 Å². The zero-order valence-corrected chi connectivity index (χ0v) is 11.8. The van der Waals surface area contributed by atoms with E-state index in [2.05, 4.69) is 0 Å². The molecular formula is C12H20N2O3S. The third-order valence-corrected chi connectivity index (χ3v) is 4.22. The highest BCUT2D eigenvalue weighted by atomic mass is 32.2. The fourth-order valence-corrected chi connectivity index (χ4v) is 2.63. The first-order chi connectivity index (χ1) is 8.37. The summed E-state index contributed by atoms with van der Waals surface area (Å²) in [7, 11) is -1.93. The zero-order valence-electron chi connectivity index (χ0n) is 11.0. The van der Waals surface area contributed by atoms with Gasteiger partial charge in [0.2, 0.25) is 10.0 Å². The molecule has 0 aliphatic carbocycles. The summed E-state index contributed by atoms with van der Waals surface area (Å²) in [6.45, 7) is 4.43. The van der Waals surface area contributed by atoms with Gasteiger partial charge in [0.25, 0.3) is 0 Å². The summed E-state index contributed by atoms with van der Waals surface area (Å²) in [4.78, 5) is 0.245. The number of sulfonamides is 1. The number of likely N-dealkylation sites (N-methyl/N-ethyl adjacent to an activating group) is 1. The number of rotatable bonds is 6. The largest absolute Gasteiger partial charge is 0.491 e. The van der Waals surface area contributed by atoms with Crippen molar-refractivity contribution in [3.8, 4) is 5.75 Å². The van der Waals surface area contributed by atoms with E-state index in [9.17, 15) is 8.42 Å². The van der Waals surface area contributed by atoms with E-state index < -0.39 is 10.0 Å². The predicted octanol–water partition coefficient (Wildman–Crippen LogP) is 1.05. The van der Waals surface area contributed by atoms with E-state index in [1.165, 1.54) is 11.4 Å². The van der Waals surface area contributed by atoms with Crippen LogP contribution in [0, 0.1) is 0 Å². The smallest absolute Gasteiger partial charge is 0.242 e. The van der Waals surface area contributed by atoms with Crippen molar-refractivity contribution in [2.45, 2.75) is 24.8 Å². The summed E-state index contributed by atoms with van der Waals surface area (Å²) in [5.74, 6) is 0.658. The van der Waals surface area contributed by atoms with E-state index in [0.717, 1.165) is 0 Å². The van der Waals surface area contributed by atoms with Crippen LogP contribution in [0.25, 0.3) is 0 Å². The molecule has 6 heteroatoms. The highest BCUT2D eigenvalue weighted by Gasteiger charge is 2.19. The van der Waals surface area contributed by atoms with E-state index in [4.69, 9.17) is 10.5 Å². The van der Waals surface area contributed by atoms with Gasteiger partial charge in [0.05, 0.1) is 11.0 Å². The Balaban J connectivity index is 2.91. The maximum atomic E-state index is 12.1. The van der Waals surface area contributed by atoms with Crippen molar-refractivity contribution < 1.29 is 13.2 Å². The van der Waals surface area contributed by atoms with Gasteiger partial charge in [-0.3, -0.25) is 0 Å². The van der Waals surface area contributed by atoms with Crippen molar-refractivity contribution in [2.24, 2.45) is 5.73 Å². The third-order valence-electron chi connectivity index (χ3n) is 2.35. The second kappa shape index (κ2) is 6.17. The van der Waals surface area contributed by atoms with E-state index in [-0.39, 0.29) is 11.0 Å². The highest BCUT2D eigenvalue weighted by molar-refractivity contribution is 7.89. The molecule has 1 rings (SSSR count). The van der Waals surface area contributed by atoms with Crippen LogP contribution in [0.2, 0.25) is 0 Å². The first kappa shape index (κ1) is 14.9. The van der Waals surface area contributed by atoms with Gasteiger partial charge in [0, 0.05) is 20.1 Å². The Morgan fingerprint density at radius 2 is 1.83 bits per heavy atom. The molecular weight excluding hydrogens is 252 g/mol. The van der Waals surface area contributed by atoms with Gasteiger partial charge in [-0.15, -0.1) is 0 Å². The second-order valence-electron chi connectivity index (χ2n) is 4.25. The molecule has 102 valence electrons. The number of ether oxygens (including phenoxy) is 1. The Morgan fingerprint density at radius 3 is 2.28 bits per heavy atom. The van der Waals surface area contributed by atoms with Crippen LogP contribution < -0.4 is 10.5 Å². The van der Waals surface area contributed by atoms with Crippen LogP contribution in [-0.2, 0) is 10.0 Å². The van der Waals surface area contributed by atoms with Gasteiger partial charge in [-0.05, 0) is 38.1 Å². The summed E-state index contributed by atoms with van der Waals surface area (Å²) < 4.78 is 30.9. The minimum Gasteiger partial charge on any atom is -0.491 e. The number of hydrogen-bond donors (Lipinski definition) is 1. The lowest BCUT2D eigenvalue weighted by Gasteiger charge is -2.16. The van der Waals surface area contributed by atoms with Crippen LogP contribution in [0.15, 0.2) is 29.2 Å². The monoisotopic (exact) mass is 272 g/mol. The molecule has 0 aliphatic heterocycles. The van der Waals surface area contributed by atoms with Crippen LogP contribution in [0.5, 0.6) is 5.75 Å². The van der Waals surface area contributed by atoms with Crippen molar-refractivity contribution in [1.82, 2.24) is 4.31 Å². The summed E-state index contributed by atoms with van der Waals surface area (Å²) in [5, 5.41) is 0. The van der Waals surface area contributed by atoms with Crippen LogP contribution >= 0.6 is 0 Å². The fraction of sp³-hybridized carbons (Fsp3) is 0.500. The molecule has 2 N–H and O–H groups in total. The Morgan fingerprint density at radius 1 is 1.28 bits per heavy atom. The maximum absolute atomic E-state index is 12.1. The highest BCUT2D eigenvalue weighted by Crippen LogP contribution is 2.19. The lowest BCUT2D eigenvalue weighted by molar-refractivity contribution is 0.242. The average molecular weight is 272 g/mol. The lowest BCUT2D eigenvalue weighted by Crippen LogP contribution is -2.31. The normalized spacial score (nSPS) is 12.1. The molecule has 1 aromatic carbocycles. The van der Waals surface area contributed by atoms with Gasteiger partial charge in [-0.2, -0.15) is 4.31 Å². The second-order valence-corrected chi connectivity index (χ2v) is 6.30. The van der Waals surface area contributed by atoms with Crippen molar-refractivity contribution >= 4 is 10.0 Å². The SMILES string of the molecule is CC(C)Oc1ccc(S(=O)(=O)N(C)CCN)cc1. The molecule has 0 unspecified atom stereocenters. The Labute approximate surface area is 109 Å². The van der Waals surface area contributed by atoms with Gasteiger partial charge in [-0.25, -0.2) is 8.42 Å². The maximum Gasteiger partial charge on any atom is 0.242 e. The summed E-state index contributed by atoms with van der Waals surface area (Å²) in [6.07, 6.45) is 0.0624. The van der Waals surface area contributed by atoms with Crippen molar-refractivity contribution in [3.05, 3.63) is 24.3 Å². The van der Waals surface area contributed by atoms with Gasteiger partial charge < -0.3 is 10.5 Å². The molecule has 0 amide bonds. The molecule has 0 bridgehead atoms. The Kier molecular flexibility index (Phi) is 5.13.